The van der Waals surface area contributed by atoms with Crippen molar-refractivity contribution in [3.8, 4) is 16.9 Å². The highest BCUT2D eigenvalue weighted by molar-refractivity contribution is 5.90. The number of aromatic nitrogens is 6. The SMILES string of the molecule is Cc1cnn(C)c1NC(=O)Cn1ccc(-c2cnn(-c3ccc(F)cc3)c2)n1. The highest BCUT2D eigenvalue weighted by atomic mass is 19.1. The van der Waals surface area contributed by atoms with Crippen LogP contribution in [0.25, 0.3) is 16.9 Å². The maximum Gasteiger partial charge on any atom is 0.247 e. The minimum absolute atomic E-state index is 0.0801. The van der Waals surface area contributed by atoms with Crippen LogP contribution in [-0.2, 0) is 18.4 Å². The molecule has 1 amide bonds. The van der Waals surface area contributed by atoms with E-state index in [0.717, 1.165) is 16.8 Å². The fourth-order valence-electron chi connectivity index (χ4n) is 2.84. The van der Waals surface area contributed by atoms with Gasteiger partial charge in [-0.3, -0.25) is 14.2 Å². The van der Waals surface area contributed by atoms with E-state index >= 15 is 0 Å². The van der Waals surface area contributed by atoms with Gasteiger partial charge >= 0.3 is 0 Å². The minimum Gasteiger partial charge on any atom is -0.309 e. The molecule has 28 heavy (non-hydrogen) atoms. The van der Waals surface area contributed by atoms with Crippen molar-refractivity contribution in [1.29, 1.82) is 0 Å². The predicted octanol–water partition coefficient (Wildman–Crippen LogP) is 2.56. The molecule has 3 heterocycles. The molecule has 0 aliphatic rings. The van der Waals surface area contributed by atoms with Crippen molar-refractivity contribution in [1.82, 2.24) is 29.3 Å². The topological polar surface area (TPSA) is 82.6 Å². The lowest BCUT2D eigenvalue weighted by Crippen LogP contribution is -2.21. The van der Waals surface area contributed by atoms with Crippen LogP contribution in [0.5, 0.6) is 0 Å². The van der Waals surface area contributed by atoms with Crippen LogP contribution in [0.1, 0.15) is 5.56 Å². The molecule has 0 atom stereocenters. The molecule has 9 heteroatoms. The first kappa shape index (κ1) is 17.7. The van der Waals surface area contributed by atoms with Gasteiger partial charge in [-0.25, -0.2) is 9.07 Å². The van der Waals surface area contributed by atoms with Crippen LogP contribution in [0.2, 0.25) is 0 Å². The van der Waals surface area contributed by atoms with Gasteiger partial charge in [0.2, 0.25) is 5.91 Å². The van der Waals surface area contributed by atoms with E-state index in [1.54, 1.807) is 58.0 Å². The fraction of sp³-hybridized carbons (Fsp3) is 0.158. The van der Waals surface area contributed by atoms with E-state index in [1.165, 1.54) is 12.1 Å². The van der Waals surface area contributed by atoms with E-state index in [-0.39, 0.29) is 18.3 Å². The Morgan fingerprint density at radius 2 is 1.93 bits per heavy atom. The van der Waals surface area contributed by atoms with Crippen molar-refractivity contribution < 1.29 is 9.18 Å². The lowest BCUT2D eigenvalue weighted by atomic mass is 10.2. The molecule has 1 N–H and O–H groups in total. The number of nitrogens with zero attached hydrogens (tertiary/aromatic N) is 6. The number of aryl methyl sites for hydroxylation is 2. The minimum atomic E-state index is -0.297. The summed E-state index contributed by atoms with van der Waals surface area (Å²) in [7, 11) is 1.77. The smallest absolute Gasteiger partial charge is 0.247 e. The lowest BCUT2D eigenvalue weighted by molar-refractivity contribution is -0.116. The molecular formula is C19H18FN7O. The van der Waals surface area contributed by atoms with Crippen LogP contribution < -0.4 is 5.32 Å². The van der Waals surface area contributed by atoms with Crippen molar-refractivity contribution in [2.24, 2.45) is 7.05 Å². The van der Waals surface area contributed by atoms with Gasteiger partial charge in [-0.1, -0.05) is 0 Å². The Morgan fingerprint density at radius 3 is 2.64 bits per heavy atom. The highest BCUT2D eigenvalue weighted by Crippen LogP contribution is 2.18. The highest BCUT2D eigenvalue weighted by Gasteiger charge is 2.12. The molecule has 0 unspecified atom stereocenters. The molecule has 142 valence electrons. The first-order valence-electron chi connectivity index (χ1n) is 8.62. The molecule has 0 bridgehead atoms. The second-order valence-corrected chi connectivity index (χ2v) is 6.40. The van der Waals surface area contributed by atoms with E-state index in [4.69, 9.17) is 0 Å². The molecule has 0 aliphatic carbocycles. The lowest BCUT2D eigenvalue weighted by Gasteiger charge is -2.06. The van der Waals surface area contributed by atoms with E-state index < -0.39 is 0 Å². The van der Waals surface area contributed by atoms with Gasteiger partial charge in [-0.05, 0) is 37.3 Å². The summed E-state index contributed by atoms with van der Waals surface area (Å²) in [6, 6.07) is 7.88. The average molecular weight is 379 g/mol. The Kier molecular flexibility index (Phi) is 4.48. The molecule has 0 fully saturated rings. The number of halogens is 1. The summed E-state index contributed by atoms with van der Waals surface area (Å²) in [6.45, 7) is 1.96. The first-order valence-corrected chi connectivity index (χ1v) is 8.62. The van der Waals surface area contributed by atoms with Gasteiger partial charge in [-0.2, -0.15) is 15.3 Å². The molecule has 0 radical (unpaired) electrons. The van der Waals surface area contributed by atoms with Gasteiger partial charge in [0.15, 0.2) is 0 Å². The maximum atomic E-state index is 13.1. The summed E-state index contributed by atoms with van der Waals surface area (Å²) < 4.78 is 17.9. The quantitative estimate of drug-likeness (QED) is 0.578. The number of hydrogen-bond acceptors (Lipinski definition) is 4. The molecule has 1 aromatic carbocycles. The van der Waals surface area contributed by atoms with Crippen LogP contribution in [0, 0.1) is 12.7 Å². The Bertz CT molecular complexity index is 1100. The largest absolute Gasteiger partial charge is 0.309 e. The molecule has 4 rings (SSSR count). The monoisotopic (exact) mass is 379 g/mol. The number of anilines is 1. The maximum absolute atomic E-state index is 13.1. The predicted molar refractivity (Wildman–Crippen MR) is 101 cm³/mol. The van der Waals surface area contributed by atoms with Crippen LogP contribution in [0.4, 0.5) is 10.2 Å². The third kappa shape index (κ3) is 3.54. The molecule has 4 aromatic rings. The second-order valence-electron chi connectivity index (χ2n) is 6.40. The molecule has 0 saturated heterocycles. The van der Waals surface area contributed by atoms with Crippen LogP contribution in [0.15, 0.2) is 55.1 Å². The third-order valence-electron chi connectivity index (χ3n) is 4.30. The number of amides is 1. The van der Waals surface area contributed by atoms with Crippen molar-refractivity contribution in [2.45, 2.75) is 13.5 Å². The Morgan fingerprint density at radius 1 is 1.14 bits per heavy atom. The number of rotatable bonds is 5. The summed E-state index contributed by atoms with van der Waals surface area (Å²) in [5, 5.41) is 15.7. The number of benzene rings is 1. The van der Waals surface area contributed by atoms with E-state index in [0.29, 0.717) is 11.5 Å². The van der Waals surface area contributed by atoms with Gasteiger partial charge in [0.1, 0.15) is 18.2 Å². The Labute approximate surface area is 160 Å². The van der Waals surface area contributed by atoms with E-state index in [1.807, 2.05) is 13.0 Å². The second kappa shape index (κ2) is 7.10. The Balaban J connectivity index is 1.46. The van der Waals surface area contributed by atoms with Gasteiger partial charge < -0.3 is 5.32 Å². The summed E-state index contributed by atoms with van der Waals surface area (Å²) in [4.78, 5) is 12.3. The molecule has 0 spiro atoms. The summed E-state index contributed by atoms with van der Waals surface area (Å²) >= 11 is 0. The summed E-state index contributed by atoms with van der Waals surface area (Å²) in [6.07, 6.45) is 6.91. The molecule has 3 aromatic heterocycles. The van der Waals surface area contributed by atoms with E-state index in [2.05, 4.69) is 20.6 Å². The van der Waals surface area contributed by atoms with Gasteiger partial charge in [0.05, 0.1) is 23.8 Å². The zero-order valence-corrected chi connectivity index (χ0v) is 15.4. The van der Waals surface area contributed by atoms with Gasteiger partial charge in [-0.15, -0.1) is 0 Å². The zero-order valence-electron chi connectivity index (χ0n) is 15.4. The van der Waals surface area contributed by atoms with Crippen molar-refractivity contribution in [3.63, 3.8) is 0 Å². The first-order chi connectivity index (χ1) is 13.5. The number of carbonyl (C=O) groups excluding carboxylic acids is 1. The number of hydrogen-bond donors (Lipinski definition) is 1. The zero-order chi connectivity index (χ0) is 19.7. The van der Waals surface area contributed by atoms with Crippen molar-refractivity contribution in [2.75, 3.05) is 5.32 Å². The van der Waals surface area contributed by atoms with Crippen molar-refractivity contribution in [3.05, 3.63) is 66.5 Å². The molecule has 8 nitrogen and oxygen atoms in total. The summed E-state index contributed by atoms with van der Waals surface area (Å²) in [5.41, 5.74) is 3.13. The third-order valence-corrected chi connectivity index (χ3v) is 4.30. The Hall–Kier alpha value is -3.75. The molecular weight excluding hydrogens is 361 g/mol. The normalized spacial score (nSPS) is 11.0. The fourth-order valence-corrected chi connectivity index (χ4v) is 2.84. The van der Waals surface area contributed by atoms with Gasteiger partial charge in [0.25, 0.3) is 0 Å². The van der Waals surface area contributed by atoms with Crippen LogP contribution >= 0.6 is 0 Å². The molecule has 0 saturated carbocycles. The summed E-state index contributed by atoms with van der Waals surface area (Å²) in [5.74, 6) is 0.177. The number of carbonyl (C=O) groups is 1. The number of nitrogens with one attached hydrogen (secondary N) is 1. The van der Waals surface area contributed by atoms with Gasteiger partial charge in [0, 0.05) is 30.6 Å². The van der Waals surface area contributed by atoms with Crippen LogP contribution in [-0.4, -0.2) is 35.2 Å². The average Bonchev–Trinajstić information content (AvgIpc) is 3.39. The van der Waals surface area contributed by atoms with E-state index in [9.17, 15) is 9.18 Å². The molecule has 0 aliphatic heterocycles. The van der Waals surface area contributed by atoms with Crippen molar-refractivity contribution >= 4 is 11.7 Å². The van der Waals surface area contributed by atoms with Crippen LogP contribution in [0.3, 0.4) is 0 Å². The standard InChI is InChI=1S/C19H18FN7O/c1-13-9-21-25(2)19(13)23-18(28)12-26-8-7-17(24-26)14-10-22-27(11-14)16-5-3-15(20)4-6-16/h3-11H,12H2,1-2H3,(H,23,28).